The molecule has 13 heteroatoms. The maximum absolute atomic E-state index is 11.8. The van der Waals surface area contributed by atoms with Gasteiger partial charge in [-0.3, -0.25) is 4.79 Å². The van der Waals surface area contributed by atoms with Crippen LogP contribution in [0.25, 0.3) is 5.82 Å². The van der Waals surface area contributed by atoms with Crippen LogP contribution >= 0.6 is 0 Å². The molecular weight excluding hydrogens is 462 g/mol. The number of nitrogens with one attached hydrogen (secondary N) is 3. The third-order valence-corrected chi connectivity index (χ3v) is 5.69. The minimum atomic E-state index is -0.244. The molecule has 1 aliphatic rings. The lowest BCUT2D eigenvalue weighted by atomic mass is 10.3. The fourth-order valence-electron chi connectivity index (χ4n) is 3.81. The molecule has 0 atom stereocenters. The molecule has 0 aliphatic carbocycles. The predicted octanol–water partition coefficient (Wildman–Crippen LogP) is 1.97. The van der Waals surface area contributed by atoms with Gasteiger partial charge in [0.05, 0.1) is 0 Å². The minimum absolute atomic E-state index is 0.0824. The average Bonchev–Trinajstić information content (AvgIpc) is 3.07. The number of nitrogen functional groups attached to an aromatic ring is 1. The highest BCUT2D eigenvalue weighted by molar-refractivity contribution is 5.89. The molecule has 1 saturated heterocycles. The van der Waals surface area contributed by atoms with E-state index in [1.807, 2.05) is 17.9 Å². The molecule has 3 aromatic rings. The predicted molar refractivity (Wildman–Crippen MR) is 137 cm³/mol. The van der Waals surface area contributed by atoms with Crippen LogP contribution in [0, 0.1) is 0 Å². The zero-order valence-electron chi connectivity index (χ0n) is 20.4. The van der Waals surface area contributed by atoms with Gasteiger partial charge in [0.25, 0.3) is 0 Å². The molecule has 36 heavy (non-hydrogen) atoms. The largest absolute Gasteiger partial charge is 0.368 e. The Hall–Kier alpha value is -4.42. The summed E-state index contributed by atoms with van der Waals surface area (Å²) >= 11 is 0. The molecule has 0 radical (unpaired) electrons. The fraction of sp³-hybridized carbons (Fsp3) is 0.391. The van der Waals surface area contributed by atoms with Gasteiger partial charge in [0.15, 0.2) is 5.82 Å². The lowest BCUT2D eigenvalue weighted by molar-refractivity contribution is -0.128. The Bertz CT molecular complexity index is 1200. The maximum Gasteiger partial charge on any atom is 0.319 e. The fourth-order valence-corrected chi connectivity index (χ4v) is 3.81. The summed E-state index contributed by atoms with van der Waals surface area (Å²) in [5, 5.41) is 13.1. The van der Waals surface area contributed by atoms with E-state index in [0.717, 1.165) is 37.4 Å². The van der Waals surface area contributed by atoms with Crippen LogP contribution in [0.1, 0.15) is 26.7 Å². The third-order valence-electron chi connectivity index (χ3n) is 5.69. The first kappa shape index (κ1) is 24.7. The first-order valence-electron chi connectivity index (χ1n) is 11.9. The first-order chi connectivity index (χ1) is 17.4. The molecule has 2 aromatic heterocycles. The lowest BCUT2D eigenvalue weighted by Crippen LogP contribution is -2.33. The average molecular weight is 494 g/mol. The number of rotatable bonds is 7. The van der Waals surface area contributed by atoms with Gasteiger partial charge in [-0.1, -0.05) is 6.92 Å². The number of carbonyl (C=O) groups excluding carboxylic acids is 2. The van der Waals surface area contributed by atoms with Crippen molar-refractivity contribution in [2.45, 2.75) is 26.7 Å². The Morgan fingerprint density at radius 3 is 2.53 bits per heavy atom. The van der Waals surface area contributed by atoms with Gasteiger partial charge in [0.1, 0.15) is 12.1 Å². The number of anilines is 5. The molecule has 0 spiro atoms. The van der Waals surface area contributed by atoms with Crippen LogP contribution in [-0.4, -0.2) is 74.3 Å². The summed E-state index contributed by atoms with van der Waals surface area (Å²) in [6.45, 7) is 7.05. The smallest absolute Gasteiger partial charge is 0.319 e. The molecule has 1 fully saturated rings. The van der Waals surface area contributed by atoms with E-state index in [2.05, 4.69) is 40.9 Å². The molecule has 190 valence electrons. The lowest BCUT2D eigenvalue weighted by Gasteiger charge is -2.22. The molecule has 0 bridgehead atoms. The second-order valence-electron chi connectivity index (χ2n) is 8.37. The number of amides is 3. The Labute approximate surface area is 209 Å². The molecule has 3 amide bonds. The minimum Gasteiger partial charge on any atom is -0.368 e. The Morgan fingerprint density at radius 2 is 1.78 bits per heavy atom. The molecule has 3 heterocycles. The van der Waals surface area contributed by atoms with Crippen LogP contribution in [0.3, 0.4) is 0 Å². The van der Waals surface area contributed by atoms with Gasteiger partial charge in [0, 0.05) is 57.1 Å². The summed E-state index contributed by atoms with van der Waals surface area (Å²) in [5.74, 6) is 1.79. The van der Waals surface area contributed by atoms with Gasteiger partial charge in [-0.2, -0.15) is 9.67 Å². The van der Waals surface area contributed by atoms with E-state index in [1.165, 1.54) is 11.0 Å². The van der Waals surface area contributed by atoms with Gasteiger partial charge in [0.2, 0.25) is 17.8 Å². The molecular formula is C23H31N11O2. The second-order valence-corrected chi connectivity index (χ2v) is 8.37. The summed E-state index contributed by atoms with van der Waals surface area (Å²) < 4.78 is 1.45. The van der Waals surface area contributed by atoms with Crippen LogP contribution in [0.4, 0.5) is 33.9 Å². The van der Waals surface area contributed by atoms with Gasteiger partial charge >= 0.3 is 6.03 Å². The number of urea groups is 1. The van der Waals surface area contributed by atoms with Gasteiger partial charge in [-0.05, 0) is 37.1 Å². The maximum atomic E-state index is 11.8. The number of hydrogen-bond donors (Lipinski definition) is 4. The number of nitrogens with two attached hydrogens (primary N) is 1. The summed E-state index contributed by atoms with van der Waals surface area (Å²) in [7, 11) is 0. The van der Waals surface area contributed by atoms with Crippen molar-refractivity contribution in [1.82, 2.24) is 34.9 Å². The zero-order valence-corrected chi connectivity index (χ0v) is 20.4. The van der Waals surface area contributed by atoms with Crippen molar-refractivity contribution in [1.29, 1.82) is 0 Å². The van der Waals surface area contributed by atoms with E-state index in [0.29, 0.717) is 37.1 Å². The molecule has 0 unspecified atom stereocenters. The standard InChI is InChI=1S/C23H31N11O2/c1-3-9-25-23(36)29-18-7-5-17(6-8-18)28-22-30-21(24)34(31-22)20-14-19(26-15-27-20)33-11-4-10-32(12-13-33)16(2)35/h5-8,14-15H,3-4,9-13H2,1-2H3,(H2,25,29,36)(H3,24,28,30,31). The van der Waals surface area contributed by atoms with Crippen molar-refractivity contribution in [2.24, 2.45) is 0 Å². The normalized spacial score (nSPS) is 13.7. The van der Waals surface area contributed by atoms with Gasteiger partial charge in [-0.25, -0.2) is 14.8 Å². The molecule has 13 nitrogen and oxygen atoms in total. The van der Waals surface area contributed by atoms with E-state index in [-0.39, 0.29) is 17.9 Å². The van der Waals surface area contributed by atoms with Crippen molar-refractivity contribution in [3.8, 4) is 5.82 Å². The summed E-state index contributed by atoms with van der Waals surface area (Å²) in [4.78, 5) is 40.5. The third kappa shape index (κ3) is 6.17. The van der Waals surface area contributed by atoms with Crippen molar-refractivity contribution in [3.05, 3.63) is 36.7 Å². The van der Waals surface area contributed by atoms with E-state index in [9.17, 15) is 9.59 Å². The monoisotopic (exact) mass is 493 g/mol. The van der Waals surface area contributed by atoms with E-state index >= 15 is 0 Å². The van der Waals surface area contributed by atoms with Crippen LogP contribution < -0.4 is 26.6 Å². The molecule has 1 aromatic carbocycles. The highest BCUT2D eigenvalue weighted by Crippen LogP contribution is 2.21. The summed E-state index contributed by atoms with van der Waals surface area (Å²) in [6.07, 6.45) is 3.19. The molecule has 1 aliphatic heterocycles. The molecule has 0 saturated carbocycles. The number of hydrogen-bond acceptors (Lipinski definition) is 9. The number of benzene rings is 1. The first-order valence-corrected chi connectivity index (χ1v) is 11.9. The van der Waals surface area contributed by atoms with Gasteiger partial charge in [-0.15, -0.1) is 5.10 Å². The van der Waals surface area contributed by atoms with E-state index in [4.69, 9.17) is 5.73 Å². The Kier molecular flexibility index (Phi) is 7.78. The van der Waals surface area contributed by atoms with Crippen molar-refractivity contribution < 1.29 is 9.59 Å². The Balaban J connectivity index is 1.43. The van der Waals surface area contributed by atoms with Crippen LogP contribution in [0.5, 0.6) is 0 Å². The molecule has 5 N–H and O–H groups in total. The van der Waals surface area contributed by atoms with E-state index < -0.39 is 0 Å². The van der Waals surface area contributed by atoms with Crippen LogP contribution in [-0.2, 0) is 4.79 Å². The number of carbonyl (C=O) groups is 2. The van der Waals surface area contributed by atoms with Crippen molar-refractivity contribution in [2.75, 3.05) is 54.0 Å². The van der Waals surface area contributed by atoms with Crippen molar-refractivity contribution in [3.63, 3.8) is 0 Å². The van der Waals surface area contributed by atoms with Crippen LogP contribution in [0.2, 0.25) is 0 Å². The summed E-state index contributed by atoms with van der Waals surface area (Å²) in [5.41, 5.74) is 7.53. The summed E-state index contributed by atoms with van der Waals surface area (Å²) in [6, 6.07) is 8.73. The highest BCUT2D eigenvalue weighted by Gasteiger charge is 2.19. The quantitative estimate of drug-likeness (QED) is 0.386. The zero-order chi connectivity index (χ0) is 25.5. The Morgan fingerprint density at radius 1 is 1.03 bits per heavy atom. The molecule has 4 rings (SSSR count). The highest BCUT2D eigenvalue weighted by atomic mass is 16.2. The van der Waals surface area contributed by atoms with Crippen molar-refractivity contribution >= 4 is 41.0 Å². The van der Waals surface area contributed by atoms with Gasteiger partial charge < -0.3 is 31.5 Å². The number of nitrogens with zero attached hydrogens (tertiary/aromatic N) is 7. The SMILES string of the molecule is CCCNC(=O)Nc1ccc(Nc2nc(N)n(-c3cc(N4CCCN(C(C)=O)CC4)ncn3)n2)cc1. The second kappa shape index (κ2) is 11.3. The topological polar surface area (TPSA) is 159 Å². The van der Waals surface area contributed by atoms with E-state index in [1.54, 1.807) is 31.2 Å². The number of aromatic nitrogens is 5. The van der Waals surface area contributed by atoms with Crippen LogP contribution in [0.15, 0.2) is 36.7 Å².